The first kappa shape index (κ1) is 24.0. The summed E-state index contributed by atoms with van der Waals surface area (Å²) in [6.45, 7) is 2.79. The van der Waals surface area contributed by atoms with Gasteiger partial charge in [0.05, 0.1) is 7.11 Å². The molecule has 1 aromatic heterocycles. The smallest absolute Gasteiger partial charge is 0.220 e. The second-order valence-electron chi connectivity index (χ2n) is 11.0. The summed E-state index contributed by atoms with van der Waals surface area (Å²) in [5, 5.41) is 3.00. The second kappa shape index (κ2) is 10.1. The van der Waals surface area contributed by atoms with Crippen molar-refractivity contribution in [1.29, 1.82) is 0 Å². The van der Waals surface area contributed by atoms with Gasteiger partial charge in [0.25, 0.3) is 0 Å². The van der Waals surface area contributed by atoms with Crippen molar-refractivity contribution in [2.75, 3.05) is 7.11 Å². The molecule has 0 spiro atoms. The highest BCUT2D eigenvalue weighted by Gasteiger charge is 2.54. The Balaban J connectivity index is 1.20. The van der Waals surface area contributed by atoms with Crippen LogP contribution in [-0.2, 0) is 29.0 Å². The van der Waals surface area contributed by atoms with Gasteiger partial charge in [0.2, 0.25) is 5.91 Å². The summed E-state index contributed by atoms with van der Waals surface area (Å²) in [4.78, 5) is 28.9. The number of carbonyl (C=O) groups is 2. The molecule has 2 fully saturated rings. The van der Waals surface area contributed by atoms with Gasteiger partial charge in [0.15, 0.2) is 0 Å². The number of carbonyl (C=O) groups excluding carboxylic acids is 2. The van der Waals surface area contributed by atoms with Crippen LogP contribution in [0, 0.1) is 17.3 Å². The van der Waals surface area contributed by atoms with Crippen molar-refractivity contribution in [1.82, 2.24) is 10.3 Å². The SMILES string of the molecule is COc1cc2c(cc1CCCCC(=O)NCc1ccncc1)C1CC[C@]3(C)C(=O)CCC3C1CC2. The van der Waals surface area contributed by atoms with Crippen molar-refractivity contribution in [2.24, 2.45) is 17.3 Å². The van der Waals surface area contributed by atoms with E-state index in [1.807, 2.05) is 12.1 Å². The first-order chi connectivity index (χ1) is 17.0. The van der Waals surface area contributed by atoms with Gasteiger partial charge in [-0.3, -0.25) is 14.6 Å². The molecule has 4 atom stereocenters. The minimum atomic E-state index is -0.0774. The summed E-state index contributed by atoms with van der Waals surface area (Å²) in [6.07, 6.45) is 13.1. The van der Waals surface area contributed by atoms with Gasteiger partial charge >= 0.3 is 0 Å². The lowest BCUT2D eigenvalue weighted by Crippen LogP contribution is -2.42. The van der Waals surface area contributed by atoms with E-state index in [-0.39, 0.29) is 11.3 Å². The van der Waals surface area contributed by atoms with Gasteiger partial charge in [-0.25, -0.2) is 0 Å². The number of Topliss-reactive ketones (excluding diaryl/α,β-unsaturated/α-hetero) is 1. The van der Waals surface area contributed by atoms with Crippen molar-refractivity contribution in [2.45, 2.75) is 83.6 Å². The molecule has 0 aliphatic heterocycles. The molecule has 3 unspecified atom stereocenters. The van der Waals surface area contributed by atoms with Crippen LogP contribution in [0.25, 0.3) is 0 Å². The van der Waals surface area contributed by atoms with Crippen LogP contribution < -0.4 is 10.1 Å². The third-order valence-electron chi connectivity index (χ3n) is 9.17. The van der Waals surface area contributed by atoms with Crippen molar-refractivity contribution in [3.63, 3.8) is 0 Å². The highest BCUT2D eigenvalue weighted by molar-refractivity contribution is 5.87. The van der Waals surface area contributed by atoms with Crippen LogP contribution in [0.5, 0.6) is 5.75 Å². The number of hydrogen-bond donors (Lipinski definition) is 1. The number of ketones is 1. The van der Waals surface area contributed by atoms with E-state index in [1.165, 1.54) is 23.1 Å². The zero-order chi connectivity index (χ0) is 24.4. The maximum Gasteiger partial charge on any atom is 0.220 e. The van der Waals surface area contributed by atoms with Crippen LogP contribution in [0.15, 0.2) is 36.7 Å². The minimum Gasteiger partial charge on any atom is -0.496 e. The van der Waals surface area contributed by atoms with E-state index >= 15 is 0 Å². The molecule has 3 aliphatic carbocycles. The summed E-state index contributed by atoms with van der Waals surface area (Å²) >= 11 is 0. The average molecular weight is 475 g/mol. The largest absolute Gasteiger partial charge is 0.496 e. The molecule has 1 N–H and O–H groups in total. The van der Waals surface area contributed by atoms with Gasteiger partial charge in [-0.2, -0.15) is 0 Å². The topological polar surface area (TPSA) is 68.3 Å². The standard InChI is InChI=1S/C30H38N2O3/c1-30-14-11-23-24(26(30)9-10-28(30)33)8-7-21-18-27(35-2)22(17-25(21)23)5-3-4-6-29(34)32-19-20-12-15-31-16-13-20/h12-13,15-18,23-24,26H,3-11,14,19H2,1-2H3,(H,32,34)/t23?,24?,26?,30-/m0/s1. The highest BCUT2D eigenvalue weighted by atomic mass is 16.5. The maximum atomic E-state index is 12.6. The van der Waals surface area contributed by atoms with Crippen LogP contribution >= 0.6 is 0 Å². The second-order valence-corrected chi connectivity index (χ2v) is 11.0. The third kappa shape index (κ3) is 4.74. The Morgan fingerprint density at radius 2 is 1.97 bits per heavy atom. The number of aromatic nitrogens is 1. The Kier molecular flexibility index (Phi) is 6.95. The molecule has 1 heterocycles. The van der Waals surface area contributed by atoms with E-state index in [2.05, 4.69) is 29.4 Å². The quantitative estimate of drug-likeness (QED) is 0.510. The Morgan fingerprint density at radius 1 is 1.14 bits per heavy atom. The van der Waals surface area contributed by atoms with E-state index in [0.717, 1.165) is 62.7 Å². The lowest BCUT2D eigenvalue weighted by atomic mass is 9.55. The number of amides is 1. The maximum absolute atomic E-state index is 12.6. The zero-order valence-corrected chi connectivity index (χ0v) is 21.1. The molecule has 2 aromatic rings. The summed E-state index contributed by atoms with van der Waals surface area (Å²) < 4.78 is 5.78. The molecule has 3 aliphatic rings. The molecule has 5 nitrogen and oxygen atoms in total. The highest BCUT2D eigenvalue weighted by Crippen LogP contribution is 2.59. The minimum absolute atomic E-state index is 0.0774. The molecule has 5 rings (SSSR count). The number of nitrogens with zero attached hydrogens (tertiary/aromatic N) is 1. The van der Waals surface area contributed by atoms with Gasteiger partial charge < -0.3 is 10.1 Å². The number of fused-ring (bicyclic) bond motifs is 5. The van der Waals surface area contributed by atoms with Gasteiger partial charge in [-0.1, -0.05) is 13.0 Å². The van der Waals surface area contributed by atoms with Crippen LogP contribution in [-0.4, -0.2) is 23.8 Å². The number of aryl methyl sites for hydroxylation is 2. The van der Waals surface area contributed by atoms with E-state index in [4.69, 9.17) is 4.74 Å². The molecule has 1 amide bonds. The molecular weight excluding hydrogens is 436 g/mol. The van der Waals surface area contributed by atoms with E-state index in [0.29, 0.717) is 36.5 Å². The molecular formula is C30H38N2O3. The third-order valence-corrected chi connectivity index (χ3v) is 9.17. The Bertz CT molecular complexity index is 1080. The Labute approximate surface area is 209 Å². The Morgan fingerprint density at radius 3 is 2.77 bits per heavy atom. The van der Waals surface area contributed by atoms with Gasteiger partial charge in [-0.15, -0.1) is 0 Å². The number of methoxy groups -OCH3 is 1. The summed E-state index contributed by atoms with van der Waals surface area (Å²) in [5.41, 5.74) is 5.20. The van der Waals surface area contributed by atoms with Crippen molar-refractivity contribution < 1.29 is 14.3 Å². The molecule has 0 saturated heterocycles. The first-order valence-corrected chi connectivity index (χ1v) is 13.4. The number of benzene rings is 1. The monoisotopic (exact) mass is 474 g/mol. The fourth-order valence-electron chi connectivity index (χ4n) is 7.19. The van der Waals surface area contributed by atoms with Crippen LogP contribution in [0.3, 0.4) is 0 Å². The zero-order valence-electron chi connectivity index (χ0n) is 21.1. The van der Waals surface area contributed by atoms with E-state index in [9.17, 15) is 9.59 Å². The molecule has 5 heteroatoms. The average Bonchev–Trinajstić information content (AvgIpc) is 3.19. The summed E-state index contributed by atoms with van der Waals surface area (Å²) in [6, 6.07) is 8.53. The lowest BCUT2D eigenvalue weighted by Gasteiger charge is -2.48. The van der Waals surface area contributed by atoms with E-state index < -0.39 is 0 Å². The van der Waals surface area contributed by atoms with Gasteiger partial charge in [0, 0.05) is 37.2 Å². The number of hydrogen-bond acceptors (Lipinski definition) is 4. The Hall–Kier alpha value is -2.69. The molecule has 35 heavy (non-hydrogen) atoms. The molecule has 0 bridgehead atoms. The normalized spacial score (nSPS) is 27.0. The number of pyridine rings is 1. The molecule has 2 saturated carbocycles. The fourth-order valence-corrected chi connectivity index (χ4v) is 7.19. The fraction of sp³-hybridized carbons (Fsp3) is 0.567. The van der Waals surface area contributed by atoms with Crippen LogP contribution in [0.1, 0.15) is 86.5 Å². The molecule has 0 radical (unpaired) electrons. The lowest BCUT2D eigenvalue weighted by molar-refractivity contribution is -0.129. The van der Waals surface area contributed by atoms with Crippen LogP contribution in [0.4, 0.5) is 0 Å². The van der Waals surface area contributed by atoms with Crippen molar-refractivity contribution in [3.8, 4) is 5.75 Å². The molecule has 1 aromatic carbocycles. The van der Waals surface area contributed by atoms with Gasteiger partial charge in [-0.05, 0) is 110 Å². The van der Waals surface area contributed by atoms with Gasteiger partial charge in [0.1, 0.15) is 11.5 Å². The number of ether oxygens (including phenoxy) is 1. The summed E-state index contributed by atoms with van der Waals surface area (Å²) in [5.74, 6) is 3.36. The van der Waals surface area contributed by atoms with E-state index in [1.54, 1.807) is 19.5 Å². The number of nitrogens with one attached hydrogen (secondary N) is 1. The molecule has 186 valence electrons. The summed E-state index contributed by atoms with van der Waals surface area (Å²) in [7, 11) is 1.76. The first-order valence-electron chi connectivity index (χ1n) is 13.4. The number of rotatable bonds is 8. The van der Waals surface area contributed by atoms with Crippen LogP contribution in [0.2, 0.25) is 0 Å². The predicted octanol–water partition coefficient (Wildman–Crippen LogP) is 5.54. The number of unbranched alkanes of at least 4 members (excludes halogenated alkanes) is 1. The van der Waals surface area contributed by atoms with Crippen molar-refractivity contribution >= 4 is 11.7 Å². The van der Waals surface area contributed by atoms with Crippen molar-refractivity contribution in [3.05, 3.63) is 58.9 Å². The predicted molar refractivity (Wildman–Crippen MR) is 136 cm³/mol.